The fourth-order valence-corrected chi connectivity index (χ4v) is 2.50. The van der Waals surface area contributed by atoms with Gasteiger partial charge in [-0.1, -0.05) is 0 Å². The third-order valence-corrected chi connectivity index (χ3v) is 3.23. The Hall–Kier alpha value is -0.960. The summed E-state index contributed by atoms with van der Waals surface area (Å²) in [7, 11) is 0. The SMILES string of the molecule is c1nncc2c1CC[C@H]1CC[C@@H]2N1. The third kappa shape index (κ3) is 1.15. The maximum absolute atomic E-state index is 3.97. The molecule has 1 saturated heterocycles. The standard InChI is InChI=1S/C10H13N3/c1-2-8-3-4-10(13-8)9-6-12-11-5-7(1)9/h5-6,8,10,13H,1-4H2/t8-,10-/m0/s1. The summed E-state index contributed by atoms with van der Waals surface area (Å²) in [4.78, 5) is 0. The number of aryl methyl sites for hydroxylation is 1. The first-order chi connectivity index (χ1) is 6.43. The second-order valence-corrected chi connectivity index (χ2v) is 4.00. The molecule has 1 fully saturated rings. The zero-order valence-corrected chi connectivity index (χ0v) is 7.53. The van der Waals surface area contributed by atoms with Crippen molar-refractivity contribution in [1.29, 1.82) is 0 Å². The molecule has 0 saturated carbocycles. The van der Waals surface area contributed by atoms with Crippen LogP contribution >= 0.6 is 0 Å². The van der Waals surface area contributed by atoms with Gasteiger partial charge < -0.3 is 5.32 Å². The topological polar surface area (TPSA) is 37.8 Å². The van der Waals surface area contributed by atoms with E-state index >= 15 is 0 Å². The molecule has 2 aliphatic rings. The molecule has 68 valence electrons. The second kappa shape index (κ2) is 2.77. The highest BCUT2D eigenvalue weighted by molar-refractivity contribution is 5.27. The quantitative estimate of drug-likeness (QED) is 0.644. The van der Waals surface area contributed by atoms with Crippen molar-refractivity contribution in [1.82, 2.24) is 15.5 Å². The Balaban J connectivity index is 2.07. The van der Waals surface area contributed by atoms with E-state index in [-0.39, 0.29) is 0 Å². The molecule has 0 unspecified atom stereocenters. The Morgan fingerprint density at radius 3 is 3.08 bits per heavy atom. The molecule has 0 radical (unpaired) electrons. The van der Waals surface area contributed by atoms with E-state index in [9.17, 15) is 0 Å². The Morgan fingerprint density at radius 2 is 2.08 bits per heavy atom. The van der Waals surface area contributed by atoms with Crippen molar-refractivity contribution in [2.24, 2.45) is 0 Å². The van der Waals surface area contributed by atoms with E-state index in [0.717, 1.165) is 6.04 Å². The van der Waals surface area contributed by atoms with Gasteiger partial charge in [0.05, 0.1) is 12.4 Å². The lowest BCUT2D eigenvalue weighted by Crippen LogP contribution is -2.22. The van der Waals surface area contributed by atoms with Crippen LogP contribution in [0.1, 0.15) is 36.4 Å². The molecule has 3 heteroatoms. The summed E-state index contributed by atoms with van der Waals surface area (Å²) in [6.45, 7) is 0. The summed E-state index contributed by atoms with van der Waals surface area (Å²) in [5.41, 5.74) is 2.78. The Bertz CT molecular complexity index is 324. The molecule has 13 heavy (non-hydrogen) atoms. The van der Waals surface area contributed by atoms with Gasteiger partial charge in [0.25, 0.3) is 0 Å². The van der Waals surface area contributed by atoms with Gasteiger partial charge in [0.15, 0.2) is 0 Å². The molecule has 2 aliphatic heterocycles. The molecule has 2 atom stereocenters. The highest BCUT2D eigenvalue weighted by atomic mass is 15.1. The largest absolute Gasteiger partial charge is 0.307 e. The van der Waals surface area contributed by atoms with Gasteiger partial charge in [0.1, 0.15) is 0 Å². The zero-order chi connectivity index (χ0) is 8.67. The number of hydrogen-bond acceptors (Lipinski definition) is 3. The van der Waals surface area contributed by atoms with Crippen molar-refractivity contribution in [3.05, 3.63) is 23.5 Å². The summed E-state index contributed by atoms with van der Waals surface area (Å²) in [6.07, 6.45) is 8.88. The van der Waals surface area contributed by atoms with E-state index in [0.29, 0.717) is 6.04 Å². The van der Waals surface area contributed by atoms with Gasteiger partial charge in [-0.15, -0.1) is 0 Å². The van der Waals surface area contributed by atoms with Crippen molar-refractivity contribution in [3.8, 4) is 0 Å². The summed E-state index contributed by atoms with van der Waals surface area (Å²) >= 11 is 0. The lowest BCUT2D eigenvalue weighted by atomic mass is 9.96. The molecule has 3 rings (SSSR count). The van der Waals surface area contributed by atoms with Crippen LogP contribution < -0.4 is 5.32 Å². The van der Waals surface area contributed by atoms with Crippen molar-refractivity contribution in [2.75, 3.05) is 0 Å². The zero-order valence-electron chi connectivity index (χ0n) is 7.53. The van der Waals surface area contributed by atoms with Crippen LogP contribution in [-0.4, -0.2) is 16.2 Å². The van der Waals surface area contributed by atoms with Crippen LogP contribution in [0.5, 0.6) is 0 Å². The number of rotatable bonds is 0. The smallest absolute Gasteiger partial charge is 0.0546 e. The van der Waals surface area contributed by atoms with Gasteiger partial charge in [-0.2, -0.15) is 10.2 Å². The first kappa shape index (κ1) is 7.44. The number of hydrogen-bond donors (Lipinski definition) is 1. The van der Waals surface area contributed by atoms with Crippen molar-refractivity contribution >= 4 is 0 Å². The van der Waals surface area contributed by atoms with Gasteiger partial charge in [-0.3, -0.25) is 0 Å². The van der Waals surface area contributed by atoms with E-state index in [1.165, 1.54) is 36.8 Å². The van der Waals surface area contributed by atoms with E-state index < -0.39 is 0 Å². The average molecular weight is 175 g/mol. The predicted octanol–water partition coefficient (Wildman–Crippen LogP) is 1.22. The number of fused-ring (bicyclic) bond motifs is 4. The maximum atomic E-state index is 3.97. The van der Waals surface area contributed by atoms with Gasteiger partial charge in [0, 0.05) is 12.1 Å². The summed E-state index contributed by atoms with van der Waals surface area (Å²) < 4.78 is 0. The molecular weight excluding hydrogens is 162 g/mol. The fraction of sp³-hybridized carbons (Fsp3) is 0.600. The molecule has 1 N–H and O–H groups in total. The summed E-state index contributed by atoms with van der Waals surface area (Å²) in [5, 5.41) is 11.6. The van der Waals surface area contributed by atoms with Crippen LogP contribution in [0.25, 0.3) is 0 Å². The molecule has 2 bridgehead atoms. The van der Waals surface area contributed by atoms with E-state index in [1.54, 1.807) is 0 Å². The highest BCUT2D eigenvalue weighted by Crippen LogP contribution is 2.33. The number of nitrogens with one attached hydrogen (secondary N) is 1. The molecule has 0 aromatic carbocycles. The lowest BCUT2D eigenvalue weighted by Gasteiger charge is -2.11. The van der Waals surface area contributed by atoms with E-state index in [4.69, 9.17) is 0 Å². The summed E-state index contributed by atoms with van der Waals surface area (Å²) in [5.74, 6) is 0. The predicted molar refractivity (Wildman–Crippen MR) is 49.3 cm³/mol. The van der Waals surface area contributed by atoms with Crippen molar-refractivity contribution < 1.29 is 0 Å². The molecule has 1 aromatic heterocycles. The van der Waals surface area contributed by atoms with Gasteiger partial charge in [-0.05, 0) is 36.8 Å². The van der Waals surface area contributed by atoms with Crippen LogP contribution in [0, 0.1) is 0 Å². The monoisotopic (exact) mass is 175 g/mol. The molecule has 1 aromatic rings. The molecule has 3 heterocycles. The van der Waals surface area contributed by atoms with Crippen molar-refractivity contribution in [3.63, 3.8) is 0 Å². The van der Waals surface area contributed by atoms with E-state index in [2.05, 4.69) is 15.5 Å². The van der Waals surface area contributed by atoms with Crippen LogP contribution in [0.4, 0.5) is 0 Å². The third-order valence-electron chi connectivity index (χ3n) is 3.23. The highest BCUT2D eigenvalue weighted by Gasteiger charge is 2.29. The molecular formula is C10H13N3. The first-order valence-electron chi connectivity index (χ1n) is 4.99. The Labute approximate surface area is 77.6 Å². The Kier molecular flexibility index (Phi) is 1.59. The average Bonchev–Trinajstić information content (AvgIpc) is 2.54. The van der Waals surface area contributed by atoms with Crippen LogP contribution in [0.2, 0.25) is 0 Å². The minimum absolute atomic E-state index is 0.554. The van der Waals surface area contributed by atoms with Crippen LogP contribution in [-0.2, 0) is 6.42 Å². The fourth-order valence-electron chi connectivity index (χ4n) is 2.50. The second-order valence-electron chi connectivity index (χ2n) is 4.00. The number of nitrogens with zero attached hydrogens (tertiary/aromatic N) is 2. The molecule has 0 amide bonds. The Morgan fingerprint density at radius 1 is 1.15 bits per heavy atom. The van der Waals surface area contributed by atoms with Gasteiger partial charge in [-0.25, -0.2) is 0 Å². The maximum Gasteiger partial charge on any atom is 0.0546 e. The van der Waals surface area contributed by atoms with Crippen LogP contribution in [0.15, 0.2) is 12.4 Å². The van der Waals surface area contributed by atoms with Crippen LogP contribution in [0.3, 0.4) is 0 Å². The molecule has 0 spiro atoms. The summed E-state index contributed by atoms with van der Waals surface area (Å²) in [6, 6.07) is 1.29. The van der Waals surface area contributed by atoms with Gasteiger partial charge >= 0.3 is 0 Å². The minimum Gasteiger partial charge on any atom is -0.307 e. The normalized spacial score (nSPS) is 31.1. The van der Waals surface area contributed by atoms with Crippen molar-refractivity contribution in [2.45, 2.75) is 37.8 Å². The lowest BCUT2D eigenvalue weighted by molar-refractivity contribution is 0.542. The number of aromatic nitrogens is 2. The van der Waals surface area contributed by atoms with E-state index in [1.807, 2.05) is 12.4 Å². The first-order valence-corrected chi connectivity index (χ1v) is 4.99. The molecule has 0 aliphatic carbocycles. The van der Waals surface area contributed by atoms with Gasteiger partial charge in [0.2, 0.25) is 0 Å². The molecule has 3 nitrogen and oxygen atoms in total. The minimum atomic E-state index is 0.554.